The lowest BCUT2D eigenvalue weighted by Gasteiger charge is -2.12. The Morgan fingerprint density at radius 1 is 1.19 bits per heavy atom. The van der Waals surface area contributed by atoms with Gasteiger partial charge in [-0.3, -0.25) is 9.38 Å². The van der Waals surface area contributed by atoms with E-state index in [-0.39, 0.29) is 6.67 Å². The van der Waals surface area contributed by atoms with Crippen molar-refractivity contribution in [2.75, 3.05) is 13.7 Å². The van der Waals surface area contributed by atoms with Gasteiger partial charge in [0.25, 0.3) is 0 Å². The molecule has 0 aromatic heterocycles. The second-order valence-corrected chi connectivity index (χ2v) is 5.16. The fourth-order valence-corrected chi connectivity index (χ4v) is 2.01. The number of unbranched alkanes of at least 4 members (excludes halogenated alkanes) is 1. The highest BCUT2D eigenvalue weighted by Gasteiger charge is 2.04. The second kappa shape index (κ2) is 13.6. The van der Waals surface area contributed by atoms with Crippen molar-refractivity contribution in [2.24, 2.45) is 4.99 Å². The van der Waals surface area contributed by atoms with Gasteiger partial charge in [0.1, 0.15) is 0 Å². The van der Waals surface area contributed by atoms with Gasteiger partial charge in [-0.1, -0.05) is 51.0 Å². The van der Waals surface area contributed by atoms with Crippen LogP contribution >= 0.6 is 0 Å². The van der Waals surface area contributed by atoms with Crippen molar-refractivity contribution in [3.05, 3.63) is 35.6 Å². The molecular formula is C18H31FN2. The maximum atomic E-state index is 12.2. The Kier molecular flexibility index (Phi) is 12.7. The minimum Gasteiger partial charge on any atom is -0.347 e. The molecule has 0 aromatic rings. The maximum absolute atomic E-state index is 12.2. The minimum absolute atomic E-state index is 0.263. The number of halogens is 1. The van der Waals surface area contributed by atoms with Crippen molar-refractivity contribution < 1.29 is 4.39 Å². The predicted molar refractivity (Wildman–Crippen MR) is 92.5 cm³/mol. The number of alkyl halides is 1. The Morgan fingerprint density at radius 3 is 2.52 bits per heavy atom. The zero-order valence-electron chi connectivity index (χ0n) is 13.9. The summed E-state index contributed by atoms with van der Waals surface area (Å²) in [5.41, 5.74) is 3.54. The summed E-state index contributed by atoms with van der Waals surface area (Å²) in [6, 6.07) is 0. The summed E-state index contributed by atoms with van der Waals surface area (Å²) in [4.78, 5) is 4.00. The van der Waals surface area contributed by atoms with E-state index in [4.69, 9.17) is 0 Å². The number of nitrogens with one attached hydrogen (secondary N) is 1. The average molecular weight is 294 g/mol. The molecule has 0 atom stereocenters. The molecule has 0 unspecified atom stereocenters. The van der Waals surface area contributed by atoms with Crippen LogP contribution in [0.5, 0.6) is 0 Å². The van der Waals surface area contributed by atoms with E-state index in [1.807, 2.05) is 0 Å². The summed E-state index contributed by atoms with van der Waals surface area (Å²) < 4.78 is 12.2. The summed E-state index contributed by atoms with van der Waals surface area (Å²) in [6.07, 6.45) is 12.6. The van der Waals surface area contributed by atoms with Gasteiger partial charge in [0.2, 0.25) is 0 Å². The van der Waals surface area contributed by atoms with Crippen molar-refractivity contribution in [3.63, 3.8) is 0 Å². The maximum Gasteiger partial charge on any atom is 0.0897 e. The molecule has 3 heteroatoms. The topological polar surface area (TPSA) is 24.4 Å². The molecule has 0 bridgehead atoms. The lowest BCUT2D eigenvalue weighted by atomic mass is 10.0. The zero-order chi connectivity index (χ0) is 15.9. The lowest BCUT2D eigenvalue weighted by Crippen LogP contribution is -2.13. The van der Waals surface area contributed by atoms with Gasteiger partial charge >= 0.3 is 0 Å². The van der Waals surface area contributed by atoms with Gasteiger partial charge in [-0.25, -0.2) is 0 Å². The molecule has 0 aliphatic rings. The largest absolute Gasteiger partial charge is 0.347 e. The van der Waals surface area contributed by atoms with E-state index in [0.29, 0.717) is 6.42 Å². The second-order valence-electron chi connectivity index (χ2n) is 5.16. The van der Waals surface area contributed by atoms with Gasteiger partial charge in [-0.05, 0) is 37.7 Å². The molecule has 21 heavy (non-hydrogen) atoms. The zero-order valence-corrected chi connectivity index (χ0v) is 13.9. The van der Waals surface area contributed by atoms with Gasteiger partial charge in [-0.2, -0.15) is 0 Å². The van der Waals surface area contributed by atoms with Crippen LogP contribution in [-0.4, -0.2) is 20.1 Å². The fraction of sp³-hybridized carbons (Fsp3) is 0.611. The number of hydrogen-bond acceptors (Lipinski definition) is 1. The summed E-state index contributed by atoms with van der Waals surface area (Å²) in [5.74, 6) is 0. The standard InChI is InChI=1S/C18H31FN2/c1-5-7-11-18(21-15-20-4)17(9-6-2)13-12-16(3)10-8-14-19/h11,13,15H,3,5-10,12,14H2,1-2,4H3,(H,20,21)/b17-13+,18-11-. The number of aliphatic imine (C=N–C) groups is 1. The summed E-state index contributed by atoms with van der Waals surface area (Å²) in [7, 11) is 1.76. The highest BCUT2D eigenvalue weighted by molar-refractivity contribution is 5.59. The molecular weight excluding hydrogens is 263 g/mol. The quantitative estimate of drug-likeness (QED) is 0.223. The van der Waals surface area contributed by atoms with Crippen LogP contribution in [0.3, 0.4) is 0 Å². The first kappa shape index (κ1) is 19.6. The molecule has 0 rings (SSSR count). The third kappa shape index (κ3) is 10.1. The Morgan fingerprint density at radius 2 is 1.95 bits per heavy atom. The van der Waals surface area contributed by atoms with Crippen molar-refractivity contribution in [3.8, 4) is 0 Å². The van der Waals surface area contributed by atoms with Crippen molar-refractivity contribution in [1.29, 1.82) is 0 Å². The van der Waals surface area contributed by atoms with Crippen LogP contribution in [0.25, 0.3) is 0 Å². The number of nitrogens with zero attached hydrogens (tertiary/aromatic N) is 1. The average Bonchev–Trinajstić information content (AvgIpc) is 2.50. The monoisotopic (exact) mass is 294 g/mol. The van der Waals surface area contributed by atoms with E-state index in [2.05, 4.69) is 42.9 Å². The highest BCUT2D eigenvalue weighted by atomic mass is 19.1. The van der Waals surface area contributed by atoms with Crippen molar-refractivity contribution in [2.45, 2.75) is 58.8 Å². The van der Waals surface area contributed by atoms with E-state index >= 15 is 0 Å². The van der Waals surface area contributed by atoms with Crippen molar-refractivity contribution >= 4 is 6.34 Å². The molecule has 0 saturated heterocycles. The van der Waals surface area contributed by atoms with Crippen LogP contribution in [0.15, 0.2) is 40.6 Å². The summed E-state index contributed by atoms with van der Waals surface area (Å²) in [5, 5.41) is 3.27. The molecule has 0 amide bonds. The molecule has 0 aliphatic heterocycles. The Balaban J connectivity index is 4.88. The third-order valence-electron chi connectivity index (χ3n) is 3.15. The first-order valence-electron chi connectivity index (χ1n) is 7.98. The highest BCUT2D eigenvalue weighted by Crippen LogP contribution is 2.18. The molecule has 0 saturated carbocycles. The number of allylic oxidation sites excluding steroid dienone is 4. The van der Waals surface area contributed by atoms with E-state index in [1.54, 1.807) is 13.4 Å². The van der Waals surface area contributed by atoms with Gasteiger partial charge in [0, 0.05) is 12.7 Å². The smallest absolute Gasteiger partial charge is 0.0897 e. The van der Waals surface area contributed by atoms with E-state index in [9.17, 15) is 4.39 Å². The molecule has 2 nitrogen and oxygen atoms in total. The molecule has 0 heterocycles. The van der Waals surface area contributed by atoms with Crippen molar-refractivity contribution in [1.82, 2.24) is 5.32 Å². The molecule has 0 spiro atoms. The van der Waals surface area contributed by atoms with Crippen LogP contribution in [0, 0.1) is 0 Å². The number of rotatable bonds is 12. The first-order valence-corrected chi connectivity index (χ1v) is 7.98. The van der Waals surface area contributed by atoms with Gasteiger partial charge in [0.05, 0.1) is 13.0 Å². The first-order chi connectivity index (χ1) is 10.2. The lowest BCUT2D eigenvalue weighted by molar-refractivity contribution is 0.471. The molecule has 0 fully saturated rings. The van der Waals surface area contributed by atoms with E-state index in [0.717, 1.165) is 49.8 Å². The number of hydrogen-bond donors (Lipinski definition) is 1. The molecule has 0 aromatic carbocycles. The van der Waals surface area contributed by atoms with Crippen LogP contribution in [0.2, 0.25) is 0 Å². The SMILES string of the molecule is C=C(C/C=C(CCC)/C(=C/CCC)NC=NC)CCCF. The Bertz CT molecular complexity index is 367. The van der Waals surface area contributed by atoms with Crippen LogP contribution in [-0.2, 0) is 0 Å². The fourth-order valence-electron chi connectivity index (χ4n) is 2.01. The van der Waals surface area contributed by atoms with Crippen LogP contribution < -0.4 is 5.32 Å². The summed E-state index contributed by atoms with van der Waals surface area (Å²) in [6.45, 7) is 8.12. The Hall–Kier alpha value is -1.38. The third-order valence-corrected chi connectivity index (χ3v) is 3.15. The predicted octanol–water partition coefficient (Wildman–Crippen LogP) is 5.34. The molecule has 0 radical (unpaired) electrons. The normalized spacial score (nSPS) is 13.0. The van der Waals surface area contributed by atoms with E-state index < -0.39 is 0 Å². The van der Waals surface area contributed by atoms with Gasteiger partial charge < -0.3 is 5.32 Å². The summed E-state index contributed by atoms with van der Waals surface area (Å²) >= 11 is 0. The minimum atomic E-state index is -0.263. The molecule has 120 valence electrons. The molecule has 0 aliphatic carbocycles. The van der Waals surface area contributed by atoms with Gasteiger partial charge in [0.15, 0.2) is 0 Å². The molecule has 1 N–H and O–H groups in total. The van der Waals surface area contributed by atoms with E-state index in [1.165, 1.54) is 5.57 Å². The Labute approximate surface area is 129 Å². The van der Waals surface area contributed by atoms with Crippen LogP contribution in [0.1, 0.15) is 58.8 Å². The van der Waals surface area contributed by atoms with Crippen LogP contribution in [0.4, 0.5) is 4.39 Å². The van der Waals surface area contributed by atoms with Gasteiger partial charge in [-0.15, -0.1) is 0 Å².